The van der Waals surface area contributed by atoms with Gasteiger partial charge in [0, 0.05) is 10.6 Å². The van der Waals surface area contributed by atoms with Gasteiger partial charge in [0.15, 0.2) is 0 Å². The SMILES string of the molecule is C[C@H]1CCc2sc(-c3nnc(SC[C@@H]4CCOCO4)o3)cc2C1. The van der Waals surface area contributed by atoms with E-state index in [-0.39, 0.29) is 6.10 Å². The molecule has 1 fully saturated rings. The predicted molar refractivity (Wildman–Crippen MR) is 89.8 cm³/mol. The predicted octanol–water partition coefficient (Wildman–Crippen LogP) is 3.78. The number of fused-ring (bicyclic) bond motifs is 1. The molecule has 0 aromatic carbocycles. The summed E-state index contributed by atoms with van der Waals surface area (Å²) in [5.41, 5.74) is 1.46. The Morgan fingerprint density at radius 2 is 2.30 bits per heavy atom. The summed E-state index contributed by atoms with van der Waals surface area (Å²) < 4.78 is 16.5. The lowest BCUT2D eigenvalue weighted by Gasteiger charge is -2.21. The fourth-order valence-electron chi connectivity index (χ4n) is 2.98. The maximum absolute atomic E-state index is 5.83. The highest BCUT2D eigenvalue weighted by atomic mass is 32.2. The van der Waals surface area contributed by atoms with Crippen molar-refractivity contribution in [1.82, 2.24) is 10.2 Å². The van der Waals surface area contributed by atoms with E-state index in [2.05, 4.69) is 23.2 Å². The molecule has 1 aliphatic carbocycles. The number of aryl methyl sites for hydroxylation is 1. The van der Waals surface area contributed by atoms with Gasteiger partial charge < -0.3 is 13.9 Å². The molecule has 0 radical (unpaired) electrons. The van der Waals surface area contributed by atoms with Crippen LogP contribution in [0.4, 0.5) is 0 Å². The van der Waals surface area contributed by atoms with Gasteiger partial charge in [0.1, 0.15) is 6.79 Å². The second kappa shape index (κ2) is 6.93. The number of hydrogen-bond donors (Lipinski definition) is 0. The summed E-state index contributed by atoms with van der Waals surface area (Å²) >= 11 is 3.36. The Balaban J connectivity index is 1.41. The molecule has 0 bridgehead atoms. The summed E-state index contributed by atoms with van der Waals surface area (Å²) in [6, 6.07) is 2.24. The van der Waals surface area contributed by atoms with Crippen molar-refractivity contribution < 1.29 is 13.9 Å². The molecule has 2 aliphatic rings. The van der Waals surface area contributed by atoms with Crippen LogP contribution in [0.1, 0.15) is 30.2 Å². The molecule has 1 aliphatic heterocycles. The van der Waals surface area contributed by atoms with E-state index in [4.69, 9.17) is 13.9 Å². The average Bonchev–Trinajstić information content (AvgIpc) is 3.20. The molecule has 1 saturated heterocycles. The fraction of sp³-hybridized carbons (Fsp3) is 0.625. The van der Waals surface area contributed by atoms with Crippen molar-refractivity contribution in [3.8, 4) is 10.8 Å². The van der Waals surface area contributed by atoms with Gasteiger partial charge in [-0.25, -0.2) is 0 Å². The van der Waals surface area contributed by atoms with Crippen molar-refractivity contribution in [3.05, 3.63) is 16.5 Å². The first-order chi connectivity index (χ1) is 11.3. The lowest BCUT2D eigenvalue weighted by molar-refractivity contribution is -0.130. The zero-order valence-corrected chi connectivity index (χ0v) is 14.8. The molecule has 0 N–H and O–H groups in total. The molecule has 0 amide bonds. The van der Waals surface area contributed by atoms with Gasteiger partial charge >= 0.3 is 0 Å². The fourth-order valence-corrected chi connectivity index (χ4v) is 4.93. The largest absolute Gasteiger partial charge is 0.410 e. The van der Waals surface area contributed by atoms with E-state index in [1.165, 1.54) is 29.7 Å². The van der Waals surface area contributed by atoms with Crippen molar-refractivity contribution in [2.75, 3.05) is 19.2 Å². The quantitative estimate of drug-likeness (QED) is 0.781. The van der Waals surface area contributed by atoms with Crippen molar-refractivity contribution in [3.63, 3.8) is 0 Å². The van der Waals surface area contributed by atoms with Gasteiger partial charge in [-0.2, -0.15) is 0 Å². The molecule has 3 heterocycles. The van der Waals surface area contributed by atoms with E-state index < -0.39 is 0 Å². The molecule has 0 saturated carbocycles. The zero-order valence-electron chi connectivity index (χ0n) is 13.1. The molecule has 7 heteroatoms. The lowest BCUT2D eigenvalue weighted by Crippen LogP contribution is -2.25. The van der Waals surface area contributed by atoms with Gasteiger partial charge in [0.25, 0.3) is 11.1 Å². The van der Waals surface area contributed by atoms with E-state index in [0.717, 1.165) is 29.6 Å². The van der Waals surface area contributed by atoms with Crippen LogP contribution in [0, 0.1) is 5.92 Å². The van der Waals surface area contributed by atoms with Crippen LogP contribution in [0.2, 0.25) is 0 Å². The number of rotatable bonds is 4. The number of thiophene rings is 1. The van der Waals surface area contributed by atoms with E-state index >= 15 is 0 Å². The van der Waals surface area contributed by atoms with E-state index in [9.17, 15) is 0 Å². The van der Waals surface area contributed by atoms with E-state index in [0.29, 0.717) is 17.9 Å². The number of ether oxygens (including phenoxy) is 2. The lowest BCUT2D eigenvalue weighted by atomic mass is 9.90. The third-order valence-corrected chi connectivity index (χ3v) is 6.49. The van der Waals surface area contributed by atoms with Gasteiger partial charge in [-0.15, -0.1) is 21.5 Å². The van der Waals surface area contributed by atoms with Gasteiger partial charge in [-0.05, 0) is 43.2 Å². The summed E-state index contributed by atoms with van der Waals surface area (Å²) in [7, 11) is 0. The summed E-state index contributed by atoms with van der Waals surface area (Å²) in [5.74, 6) is 2.24. The van der Waals surface area contributed by atoms with Crippen LogP contribution in [0.15, 0.2) is 15.7 Å². The summed E-state index contributed by atoms with van der Waals surface area (Å²) in [5, 5.41) is 9.00. The monoisotopic (exact) mass is 352 g/mol. The van der Waals surface area contributed by atoms with Crippen molar-refractivity contribution >= 4 is 23.1 Å². The Bertz CT molecular complexity index is 664. The molecule has 2 aromatic heterocycles. The number of nitrogens with zero attached hydrogens (tertiary/aromatic N) is 2. The molecule has 5 nitrogen and oxygen atoms in total. The van der Waals surface area contributed by atoms with Gasteiger partial charge in [0.05, 0.1) is 17.6 Å². The first kappa shape index (κ1) is 15.6. The Morgan fingerprint density at radius 1 is 1.35 bits per heavy atom. The Morgan fingerprint density at radius 3 is 3.17 bits per heavy atom. The van der Waals surface area contributed by atoms with Crippen LogP contribution < -0.4 is 0 Å². The normalized spacial score (nSPS) is 24.6. The van der Waals surface area contributed by atoms with Crippen molar-refractivity contribution in [2.24, 2.45) is 5.92 Å². The molecule has 0 spiro atoms. The second-order valence-corrected chi connectivity index (χ2v) is 8.30. The highest BCUT2D eigenvalue weighted by Crippen LogP contribution is 2.37. The minimum absolute atomic E-state index is 0.208. The topological polar surface area (TPSA) is 57.4 Å². The molecular weight excluding hydrogens is 332 g/mol. The summed E-state index contributed by atoms with van der Waals surface area (Å²) in [6.45, 7) is 3.47. The maximum atomic E-state index is 5.83. The molecule has 4 rings (SSSR count). The number of hydrogen-bond acceptors (Lipinski definition) is 7. The van der Waals surface area contributed by atoms with Crippen LogP contribution in [0.5, 0.6) is 0 Å². The Kier molecular flexibility index (Phi) is 4.71. The molecule has 124 valence electrons. The first-order valence-corrected chi connectivity index (χ1v) is 9.86. The third-order valence-electron chi connectivity index (χ3n) is 4.31. The molecule has 23 heavy (non-hydrogen) atoms. The maximum Gasteiger partial charge on any atom is 0.276 e. The molecule has 0 unspecified atom stereocenters. The van der Waals surface area contributed by atoms with E-state index in [1.807, 2.05) is 0 Å². The molecule has 2 atom stereocenters. The zero-order chi connectivity index (χ0) is 15.6. The van der Waals surface area contributed by atoms with Gasteiger partial charge in [-0.3, -0.25) is 0 Å². The van der Waals surface area contributed by atoms with Crippen LogP contribution in [0.3, 0.4) is 0 Å². The summed E-state index contributed by atoms with van der Waals surface area (Å²) in [6.07, 6.45) is 4.76. The van der Waals surface area contributed by atoms with Gasteiger partial charge in [0.2, 0.25) is 0 Å². The van der Waals surface area contributed by atoms with Crippen LogP contribution in [0.25, 0.3) is 10.8 Å². The Hall–Kier alpha value is -0.890. The summed E-state index contributed by atoms with van der Waals surface area (Å²) in [4.78, 5) is 2.59. The highest BCUT2D eigenvalue weighted by Gasteiger charge is 2.21. The van der Waals surface area contributed by atoms with Crippen molar-refractivity contribution in [1.29, 1.82) is 0 Å². The number of thioether (sulfide) groups is 1. The average molecular weight is 352 g/mol. The van der Waals surface area contributed by atoms with Crippen molar-refractivity contribution in [2.45, 2.75) is 43.9 Å². The van der Waals surface area contributed by atoms with Crippen LogP contribution in [-0.4, -0.2) is 35.5 Å². The highest BCUT2D eigenvalue weighted by molar-refractivity contribution is 7.99. The molecular formula is C16H20N2O3S2. The third kappa shape index (κ3) is 3.63. The second-order valence-electron chi connectivity index (χ2n) is 6.19. The first-order valence-electron chi connectivity index (χ1n) is 8.05. The standard InChI is InChI=1S/C16H20N2O3S2/c1-10-2-3-13-11(6-10)7-14(23-13)15-17-18-16(21-15)22-8-12-4-5-19-9-20-12/h7,10,12H,2-6,8-9H2,1H3/t10-,12-/m0/s1. The molecule has 2 aromatic rings. The number of aromatic nitrogens is 2. The smallest absolute Gasteiger partial charge is 0.276 e. The van der Waals surface area contributed by atoms with Crippen LogP contribution >= 0.6 is 23.1 Å². The Labute approximate surface area is 143 Å². The minimum Gasteiger partial charge on any atom is -0.410 e. The van der Waals surface area contributed by atoms with Gasteiger partial charge in [-0.1, -0.05) is 18.7 Å². The van der Waals surface area contributed by atoms with E-state index in [1.54, 1.807) is 23.1 Å². The minimum atomic E-state index is 0.208. The van der Waals surface area contributed by atoms with Crippen LogP contribution in [-0.2, 0) is 22.3 Å².